The molecule has 1 fully saturated rings. The standard InChI is InChI=1S/C13H21N3O4/c1-2-16(7-3-6-14)12(19)15-10-13(11(17)18)4-8-20-9-5-13/h2-5,7-10H2,1H3,(H,15,19)(H,17,18). The lowest BCUT2D eigenvalue weighted by Gasteiger charge is -2.33. The van der Waals surface area contributed by atoms with Gasteiger partial charge in [0.25, 0.3) is 0 Å². The highest BCUT2D eigenvalue weighted by atomic mass is 16.5. The zero-order valence-corrected chi connectivity index (χ0v) is 11.7. The molecule has 1 aliphatic rings. The summed E-state index contributed by atoms with van der Waals surface area (Å²) in [6, 6.07) is 1.66. The fourth-order valence-electron chi connectivity index (χ4n) is 2.17. The minimum Gasteiger partial charge on any atom is -0.481 e. The van der Waals surface area contributed by atoms with Crippen LogP contribution in [0.5, 0.6) is 0 Å². The second-order valence-corrected chi connectivity index (χ2v) is 4.84. The quantitative estimate of drug-likeness (QED) is 0.751. The number of hydrogen-bond acceptors (Lipinski definition) is 4. The van der Waals surface area contributed by atoms with E-state index in [4.69, 9.17) is 10.00 Å². The number of amides is 2. The van der Waals surface area contributed by atoms with Crippen molar-refractivity contribution in [3.8, 4) is 6.07 Å². The average Bonchev–Trinajstić information content (AvgIpc) is 2.46. The number of carboxylic acid groups (broad SMARTS) is 1. The van der Waals surface area contributed by atoms with Gasteiger partial charge in [0.1, 0.15) is 0 Å². The Hall–Kier alpha value is -1.81. The molecule has 0 aliphatic carbocycles. The Balaban J connectivity index is 2.56. The molecule has 7 heteroatoms. The van der Waals surface area contributed by atoms with Crippen LogP contribution in [0.15, 0.2) is 0 Å². The molecule has 1 aliphatic heterocycles. The van der Waals surface area contributed by atoms with Gasteiger partial charge in [-0.2, -0.15) is 5.26 Å². The highest BCUT2D eigenvalue weighted by molar-refractivity contribution is 5.78. The van der Waals surface area contributed by atoms with Gasteiger partial charge in [-0.25, -0.2) is 4.79 Å². The lowest BCUT2D eigenvalue weighted by Crippen LogP contribution is -2.49. The van der Waals surface area contributed by atoms with Crippen LogP contribution in [0, 0.1) is 16.7 Å². The number of ether oxygens (including phenoxy) is 1. The van der Waals surface area contributed by atoms with E-state index in [0.29, 0.717) is 39.1 Å². The van der Waals surface area contributed by atoms with Gasteiger partial charge >= 0.3 is 12.0 Å². The second kappa shape index (κ2) is 7.70. The number of carboxylic acids is 1. The molecule has 0 spiro atoms. The monoisotopic (exact) mass is 283 g/mol. The predicted octanol–water partition coefficient (Wildman–Crippen LogP) is 0.813. The first-order valence-corrected chi connectivity index (χ1v) is 6.76. The summed E-state index contributed by atoms with van der Waals surface area (Å²) in [5.74, 6) is -0.902. The SMILES string of the molecule is CCN(CCC#N)C(=O)NCC1(C(=O)O)CCOCC1. The van der Waals surface area contributed by atoms with Crippen LogP contribution in [0.4, 0.5) is 4.79 Å². The fraction of sp³-hybridized carbons (Fsp3) is 0.769. The molecular formula is C13H21N3O4. The molecule has 2 amide bonds. The number of rotatable bonds is 6. The summed E-state index contributed by atoms with van der Waals surface area (Å²) in [6.45, 7) is 3.53. The van der Waals surface area contributed by atoms with Gasteiger partial charge in [-0.3, -0.25) is 4.79 Å². The van der Waals surface area contributed by atoms with Crippen molar-refractivity contribution in [2.45, 2.75) is 26.2 Å². The number of carbonyl (C=O) groups excluding carboxylic acids is 1. The predicted molar refractivity (Wildman–Crippen MR) is 71.0 cm³/mol. The number of nitrogens with one attached hydrogen (secondary N) is 1. The summed E-state index contributed by atoms with van der Waals surface area (Å²) in [7, 11) is 0. The molecule has 20 heavy (non-hydrogen) atoms. The van der Waals surface area contributed by atoms with Crippen molar-refractivity contribution in [3.05, 3.63) is 0 Å². The molecule has 0 radical (unpaired) electrons. The summed E-state index contributed by atoms with van der Waals surface area (Å²) in [5, 5.41) is 20.6. The van der Waals surface area contributed by atoms with Crippen LogP contribution in [0.1, 0.15) is 26.2 Å². The van der Waals surface area contributed by atoms with Crippen molar-refractivity contribution >= 4 is 12.0 Å². The van der Waals surface area contributed by atoms with Crippen molar-refractivity contribution < 1.29 is 19.4 Å². The topological polar surface area (TPSA) is 103 Å². The molecule has 0 aromatic heterocycles. The van der Waals surface area contributed by atoms with E-state index in [9.17, 15) is 14.7 Å². The number of carbonyl (C=O) groups is 2. The van der Waals surface area contributed by atoms with Crippen molar-refractivity contribution in [2.24, 2.45) is 5.41 Å². The first kappa shape index (κ1) is 16.2. The Morgan fingerprint density at radius 3 is 2.60 bits per heavy atom. The molecule has 1 rings (SSSR count). The van der Waals surface area contributed by atoms with Crippen molar-refractivity contribution in [1.82, 2.24) is 10.2 Å². The van der Waals surface area contributed by atoms with Crippen LogP contribution in [0.3, 0.4) is 0 Å². The summed E-state index contributed by atoms with van der Waals surface area (Å²) < 4.78 is 5.18. The van der Waals surface area contributed by atoms with Crippen LogP contribution in [-0.4, -0.2) is 54.9 Å². The number of aliphatic carboxylic acids is 1. The van der Waals surface area contributed by atoms with Crippen molar-refractivity contribution in [2.75, 3.05) is 32.8 Å². The average molecular weight is 283 g/mol. The number of nitrogens with zero attached hydrogens (tertiary/aromatic N) is 2. The maximum atomic E-state index is 12.0. The van der Waals surface area contributed by atoms with Crippen molar-refractivity contribution in [3.63, 3.8) is 0 Å². The Labute approximate surface area is 118 Å². The Kier molecular flexibility index (Phi) is 6.25. The Morgan fingerprint density at radius 2 is 2.10 bits per heavy atom. The zero-order chi connectivity index (χ0) is 15.0. The molecule has 1 heterocycles. The highest BCUT2D eigenvalue weighted by Crippen LogP contribution is 2.30. The Bertz CT molecular complexity index is 386. The van der Waals surface area contributed by atoms with E-state index in [1.54, 1.807) is 0 Å². The van der Waals surface area contributed by atoms with E-state index in [-0.39, 0.29) is 19.0 Å². The van der Waals surface area contributed by atoms with E-state index in [1.807, 2.05) is 13.0 Å². The summed E-state index contributed by atoms with van der Waals surface area (Å²) in [5.41, 5.74) is -0.942. The zero-order valence-electron chi connectivity index (χ0n) is 11.7. The molecule has 0 aromatic rings. The normalized spacial score (nSPS) is 17.0. The third kappa shape index (κ3) is 4.10. The van der Waals surface area contributed by atoms with Gasteiger partial charge in [-0.05, 0) is 19.8 Å². The van der Waals surface area contributed by atoms with E-state index < -0.39 is 11.4 Å². The molecule has 1 saturated heterocycles. The summed E-state index contributed by atoms with van der Waals surface area (Å²) in [4.78, 5) is 24.9. The third-order valence-corrected chi connectivity index (χ3v) is 3.64. The number of hydrogen-bond donors (Lipinski definition) is 2. The van der Waals surface area contributed by atoms with E-state index in [0.717, 1.165) is 0 Å². The van der Waals surface area contributed by atoms with Gasteiger partial charge in [0, 0.05) is 32.8 Å². The maximum absolute atomic E-state index is 12.0. The second-order valence-electron chi connectivity index (χ2n) is 4.84. The van der Waals surface area contributed by atoms with Crippen LogP contribution in [-0.2, 0) is 9.53 Å². The molecule has 112 valence electrons. The van der Waals surface area contributed by atoms with Crippen molar-refractivity contribution in [1.29, 1.82) is 5.26 Å². The minimum absolute atomic E-state index is 0.0909. The molecule has 0 unspecified atom stereocenters. The summed E-state index contributed by atoms with van der Waals surface area (Å²) >= 11 is 0. The lowest BCUT2D eigenvalue weighted by atomic mass is 9.80. The van der Waals surface area contributed by atoms with Crippen LogP contribution < -0.4 is 5.32 Å². The third-order valence-electron chi connectivity index (χ3n) is 3.64. The van der Waals surface area contributed by atoms with Crippen LogP contribution in [0.2, 0.25) is 0 Å². The van der Waals surface area contributed by atoms with E-state index >= 15 is 0 Å². The molecule has 0 aromatic carbocycles. The highest BCUT2D eigenvalue weighted by Gasteiger charge is 2.40. The number of nitriles is 1. The first-order valence-electron chi connectivity index (χ1n) is 6.76. The van der Waals surface area contributed by atoms with Crippen LogP contribution in [0.25, 0.3) is 0 Å². The van der Waals surface area contributed by atoms with Gasteiger partial charge in [-0.15, -0.1) is 0 Å². The van der Waals surface area contributed by atoms with E-state index in [1.165, 1.54) is 4.90 Å². The van der Waals surface area contributed by atoms with E-state index in [2.05, 4.69) is 5.32 Å². The van der Waals surface area contributed by atoms with Gasteiger partial charge < -0.3 is 20.1 Å². The van der Waals surface area contributed by atoms with Gasteiger partial charge in [0.2, 0.25) is 0 Å². The molecule has 0 atom stereocenters. The summed E-state index contributed by atoms with van der Waals surface area (Å²) in [6.07, 6.45) is 1.05. The van der Waals surface area contributed by atoms with Gasteiger partial charge in [-0.1, -0.05) is 0 Å². The molecule has 7 nitrogen and oxygen atoms in total. The minimum atomic E-state index is -0.942. The smallest absolute Gasteiger partial charge is 0.317 e. The lowest BCUT2D eigenvalue weighted by molar-refractivity contribution is -0.154. The molecular weight excluding hydrogens is 262 g/mol. The Morgan fingerprint density at radius 1 is 1.45 bits per heavy atom. The molecule has 2 N–H and O–H groups in total. The van der Waals surface area contributed by atoms with Gasteiger partial charge in [0.05, 0.1) is 17.9 Å². The fourth-order valence-corrected chi connectivity index (χ4v) is 2.17. The molecule has 0 bridgehead atoms. The van der Waals surface area contributed by atoms with Crippen LogP contribution >= 0.6 is 0 Å². The number of urea groups is 1. The first-order chi connectivity index (χ1) is 9.55. The van der Waals surface area contributed by atoms with Gasteiger partial charge in [0.15, 0.2) is 0 Å². The maximum Gasteiger partial charge on any atom is 0.317 e. The largest absolute Gasteiger partial charge is 0.481 e. The molecule has 0 saturated carbocycles.